The molecule has 0 aromatic heterocycles. The van der Waals surface area contributed by atoms with Crippen LogP contribution in [-0.4, -0.2) is 49.3 Å². The van der Waals surface area contributed by atoms with Crippen LogP contribution in [0.3, 0.4) is 0 Å². The van der Waals surface area contributed by atoms with Crippen LogP contribution >= 0.6 is 0 Å². The Morgan fingerprint density at radius 3 is 2.82 bits per heavy atom. The van der Waals surface area contributed by atoms with Crippen molar-refractivity contribution in [2.45, 2.75) is 40.0 Å². The zero-order valence-corrected chi connectivity index (χ0v) is 11.8. The molecule has 2 N–H and O–H groups in total. The summed E-state index contributed by atoms with van der Waals surface area (Å²) in [6.45, 7) is 12.8. The number of likely N-dealkylation sites (tertiary alicyclic amines) is 1. The average molecular weight is 242 g/mol. The van der Waals surface area contributed by atoms with Crippen LogP contribution in [0.1, 0.15) is 40.0 Å². The molecule has 1 saturated heterocycles. The third-order valence-corrected chi connectivity index (χ3v) is 3.54. The van der Waals surface area contributed by atoms with E-state index in [4.69, 9.17) is 0 Å². The van der Waals surface area contributed by atoms with E-state index in [2.05, 4.69) is 31.0 Å². The molecule has 1 heterocycles. The lowest BCUT2D eigenvalue weighted by molar-refractivity contribution is 0.0890. The molecule has 0 aromatic rings. The predicted molar refractivity (Wildman–Crippen MR) is 73.2 cm³/mol. The number of rotatable bonds is 7. The molecule has 1 unspecified atom stereocenters. The van der Waals surface area contributed by atoms with Gasteiger partial charge in [0.25, 0.3) is 0 Å². The van der Waals surface area contributed by atoms with Crippen molar-refractivity contribution in [3.63, 3.8) is 0 Å². The smallest absolute Gasteiger partial charge is 0.0471 e. The summed E-state index contributed by atoms with van der Waals surface area (Å²) in [6, 6.07) is 0. The minimum atomic E-state index is 0.326. The highest BCUT2D eigenvalue weighted by atomic mass is 16.3. The second kappa shape index (κ2) is 7.34. The zero-order chi connectivity index (χ0) is 12.7. The van der Waals surface area contributed by atoms with Crippen molar-refractivity contribution in [3.05, 3.63) is 0 Å². The van der Waals surface area contributed by atoms with E-state index in [1.165, 1.54) is 25.8 Å². The van der Waals surface area contributed by atoms with Gasteiger partial charge in [0, 0.05) is 26.2 Å². The molecule has 1 atom stereocenters. The van der Waals surface area contributed by atoms with E-state index in [1.54, 1.807) is 0 Å². The van der Waals surface area contributed by atoms with E-state index in [0.717, 1.165) is 26.2 Å². The number of aliphatic hydroxyl groups is 1. The highest BCUT2D eigenvalue weighted by Gasteiger charge is 2.25. The molecule has 0 spiro atoms. The summed E-state index contributed by atoms with van der Waals surface area (Å²) in [5.74, 6) is 0.503. The molecule has 0 amide bonds. The van der Waals surface area contributed by atoms with Gasteiger partial charge in [-0.15, -0.1) is 0 Å². The maximum absolute atomic E-state index is 9.24. The van der Waals surface area contributed by atoms with Crippen molar-refractivity contribution >= 4 is 0 Å². The van der Waals surface area contributed by atoms with Crippen LogP contribution in [0, 0.1) is 11.3 Å². The third-order valence-electron chi connectivity index (χ3n) is 3.54. The molecule has 1 fully saturated rings. The molecule has 0 aliphatic carbocycles. The fourth-order valence-electron chi connectivity index (χ4n) is 2.71. The van der Waals surface area contributed by atoms with E-state index in [-0.39, 0.29) is 0 Å². The van der Waals surface area contributed by atoms with Gasteiger partial charge in [0.2, 0.25) is 0 Å². The molecule has 0 aromatic carbocycles. The summed E-state index contributed by atoms with van der Waals surface area (Å²) < 4.78 is 0. The molecular formula is C14H30N2O. The molecule has 1 aliphatic rings. The number of nitrogens with zero attached hydrogens (tertiary/aromatic N) is 1. The Labute approximate surface area is 107 Å². The van der Waals surface area contributed by atoms with Crippen molar-refractivity contribution in [2.24, 2.45) is 11.3 Å². The van der Waals surface area contributed by atoms with Crippen LogP contribution in [0.15, 0.2) is 0 Å². The molecule has 0 radical (unpaired) electrons. The van der Waals surface area contributed by atoms with Crippen molar-refractivity contribution in [3.8, 4) is 0 Å². The monoisotopic (exact) mass is 242 g/mol. The summed E-state index contributed by atoms with van der Waals surface area (Å²) >= 11 is 0. The second-order valence-corrected chi connectivity index (χ2v) is 6.27. The summed E-state index contributed by atoms with van der Waals surface area (Å²) in [4.78, 5) is 2.53. The van der Waals surface area contributed by atoms with E-state index in [1.807, 2.05) is 0 Å². The first-order valence-corrected chi connectivity index (χ1v) is 7.11. The first-order chi connectivity index (χ1) is 8.07. The Kier molecular flexibility index (Phi) is 6.45. The Hall–Kier alpha value is -0.120. The van der Waals surface area contributed by atoms with Crippen LogP contribution in [0.2, 0.25) is 0 Å². The average Bonchev–Trinajstić information content (AvgIpc) is 2.29. The van der Waals surface area contributed by atoms with Crippen molar-refractivity contribution in [1.82, 2.24) is 10.2 Å². The van der Waals surface area contributed by atoms with Gasteiger partial charge in [-0.05, 0) is 43.7 Å². The molecular weight excluding hydrogens is 212 g/mol. The summed E-state index contributed by atoms with van der Waals surface area (Å²) in [7, 11) is 0. The van der Waals surface area contributed by atoms with Crippen LogP contribution in [0.4, 0.5) is 0 Å². The van der Waals surface area contributed by atoms with Crippen LogP contribution in [0.25, 0.3) is 0 Å². The summed E-state index contributed by atoms with van der Waals surface area (Å²) in [5, 5.41) is 12.8. The molecule has 3 nitrogen and oxygen atoms in total. The molecule has 3 heteroatoms. The molecule has 1 rings (SSSR count). The van der Waals surface area contributed by atoms with Gasteiger partial charge in [-0.3, -0.25) is 0 Å². The largest absolute Gasteiger partial charge is 0.396 e. The Morgan fingerprint density at radius 2 is 2.18 bits per heavy atom. The number of aliphatic hydroxyl groups excluding tert-OH is 1. The SMILES string of the molecule is CCCNCC(C)(C)CN1CCCC(CO)C1. The first kappa shape index (κ1) is 14.9. The third kappa shape index (κ3) is 5.84. The quantitative estimate of drug-likeness (QED) is 0.667. The molecule has 0 saturated carbocycles. The Bertz CT molecular complexity index is 206. The van der Waals surface area contributed by atoms with Gasteiger partial charge in [-0.25, -0.2) is 0 Å². The lowest BCUT2D eigenvalue weighted by Crippen LogP contribution is -2.45. The van der Waals surface area contributed by atoms with Crippen molar-refractivity contribution in [1.29, 1.82) is 0 Å². The number of piperidine rings is 1. The Balaban J connectivity index is 2.30. The standard InChI is InChI=1S/C14H30N2O/c1-4-7-15-11-14(2,3)12-16-8-5-6-13(9-16)10-17/h13,15,17H,4-12H2,1-3H3. The van der Waals surface area contributed by atoms with E-state index >= 15 is 0 Å². The lowest BCUT2D eigenvalue weighted by Gasteiger charge is -2.37. The summed E-state index contributed by atoms with van der Waals surface area (Å²) in [5.41, 5.74) is 0.326. The van der Waals surface area contributed by atoms with Gasteiger partial charge in [-0.1, -0.05) is 20.8 Å². The van der Waals surface area contributed by atoms with Crippen molar-refractivity contribution in [2.75, 3.05) is 39.3 Å². The van der Waals surface area contributed by atoms with E-state index in [0.29, 0.717) is 17.9 Å². The minimum Gasteiger partial charge on any atom is -0.396 e. The van der Waals surface area contributed by atoms with Crippen LogP contribution in [0.5, 0.6) is 0 Å². The van der Waals surface area contributed by atoms with Crippen LogP contribution < -0.4 is 5.32 Å². The molecule has 1 aliphatic heterocycles. The summed E-state index contributed by atoms with van der Waals surface area (Å²) in [6.07, 6.45) is 3.64. The van der Waals surface area contributed by atoms with Gasteiger partial charge >= 0.3 is 0 Å². The molecule has 102 valence electrons. The lowest BCUT2D eigenvalue weighted by atomic mass is 9.90. The normalized spacial score (nSPS) is 22.9. The van der Waals surface area contributed by atoms with Gasteiger partial charge < -0.3 is 15.3 Å². The van der Waals surface area contributed by atoms with Gasteiger partial charge in [0.05, 0.1) is 0 Å². The fourth-order valence-corrected chi connectivity index (χ4v) is 2.71. The number of hydrogen-bond acceptors (Lipinski definition) is 3. The van der Waals surface area contributed by atoms with E-state index < -0.39 is 0 Å². The topological polar surface area (TPSA) is 35.5 Å². The van der Waals surface area contributed by atoms with Gasteiger partial charge in [-0.2, -0.15) is 0 Å². The fraction of sp³-hybridized carbons (Fsp3) is 1.00. The Morgan fingerprint density at radius 1 is 1.41 bits per heavy atom. The van der Waals surface area contributed by atoms with Gasteiger partial charge in [0.15, 0.2) is 0 Å². The minimum absolute atomic E-state index is 0.326. The van der Waals surface area contributed by atoms with Gasteiger partial charge in [0.1, 0.15) is 0 Å². The molecule has 0 bridgehead atoms. The molecule has 17 heavy (non-hydrogen) atoms. The first-order valence-electron chi connectivity index (χ1n) is 7.11. The van der Waals surface area contributed by atoms with Crippen LogP contribution in [-0.2, 0) is 0 Å². The highest BCUT2D eigenvalue weighted by Crippen LogP contribution is 2.21. The number of hydrogen-bond donors (Lipinski definition) is 2. The van der Waals surface area contributed by atoms with E-state index in [9.17, 15) is 5.11 Å². The maximum Gasteiger partial charge on any atom is 0.0471 e. The predicted octanol–water partition coefficient (Wildman–Crippen LogP) is 1.72. The zero-order valence-electron chi connectivity index (χ0n) is 11.8. The highest BCUT2D eigenvalue weighted by molar-refractivity contribution is 4.80. The number of nitrogens with one attached hydrogen (secondary N) is 1. The maximum atomic E-state index is 9.24. The van der Waals surface area contributed by atoms with Crippen molar-refractivity contribution < 1.29 is 5.11 Å². The second-order valence-electron chi connectivity index (χ2n) is 6.27.